The molecule has 6 heteroatoms. The highest BCUT2D eigenvalue weighted by molar-refractivity contribution is 5.40. The molecule has 1 aliphatic rings. The lowest BCUT2D eigenvalue weighted by Gasteiger charge is -2.27. The number of rotatable bonds is 4. The summed E-state index contributed by atoms with van der Waals surface area (Å²) >= 11 is 0. The Hall–Kier alpha value is -1.69. The largest absolute Gasteiger partial charge is 0.388 e. The normalized spacial score (nSPS) is 18.6. The zero-order valence-corrected chi connectivity index (χ0v) is 10.8. The fourth-order valence-electron chi connectivity index (χ4n) is 2.42. The van der Waals surface area contributed by atoms with Gasteiger partial charge in [0.25, 0.3) is 5.69 Å². The Morgan fingerprint density at radius 3 is 2.53 bits per heavy atom. The molecule has 1 aromatic rings. The molecule has 0 spiro atoms. The van der Waals surface area contributed by atoms with Crippen LogP contribution in [0.4, 0.5) is 11.5 Å². The van der Waals surface area contributed by atoms with Crippen molar-refractivity contribution in [3.8, 4) is 0 Å². The predicted molar refractivity (Wildman–Crippen MR) is 72.0 cm³/mol. The van der Waals surface area contributed by atoms with E-state index in [9.17, 15) is 15.2 Å². The summed E-state index contributed by atoms with van der Waals surface area (Å²) in [7, 11) is 0. The van der Waals surface area contributed by atoms with Gasteiger partial charge in [0, 0.05) is 12.6 Å². The van der Waals surface area contributed by atoms with Crippen LogP contribution in [-0.4, -0.2) is 27.2 Å². The summed E-state index contributed by atoms with van der Waals surface area (Å²) in [5.74, 6) is 0.559. The molecule has 0 bridgehead atoms. The number of nitro groups is 1. The average Bonchev–Trinajstić information content (AvgIpc) is 2.62. The molecule has 0 aromatic carbocycles. The van der Waals surface area contributed by atoms with Gasteiger partial charge in [0.1, 0.15) is 12.0 Å². The minimum Gasteiger partial charge on any atom is -0.388 e. The number of pyridine rings is 1. The molecule has 2 N–H and O–H groups in total. The first kappa shape index (κ1) is 13.7. The van der Waals surface area contributed by atoms with Gasteiger partial charge in [-0.1, -0.05) is 25.7 Å². The van der Waals surface area contributed by atoms with Crippen molar-refractivity contribution in [2.75, 3.05) is 11.9 Å². The molecule has 104 valence electrons. The van der Waals surface area contributed by atoms with Crippen LogP contribution in [0.15, 0.2) is 18.3 Å². The van der Waals surface area contributed by atoms with Crippen LogP contribution in [0.3, 0.4) is 0 Å². The molecule has 2 rings (SSSR count). The molecule has 19 heavy (non-hydrogen) atoms. The van der Waals surface area contributed by atoms with Gasteiger partial charge in [-0.15, -0.1) is 0 Å². The minimum atomic E-state index is -0.681. The quantitative estimate of drug-likeness (QED) is 0.496. The predicted octanol–water partition coefficient (Wildman–Crippen LogP) is 2.49. The fourth-order valence-corrected chi connectivity index (χ4v) is 2.42. The van der Waals surface area contributed by atoms with Gasteiger partial charge < -0.3 is 10.4 Å². The summed E-state index contributed by atoms with van der Waals surface area (Å²) < 4.78 is 0. The van der Waals surface area contributed by atoms with Gasteiger partial charge in [0.05, 0.1) is 10.5 Å². The van der Waals surface area contributed by atoms with Crippen molar-refractivity contribution in [1.29, 1.82) is 0 Å². The van der Waals surface area contributed by atoms with Crippen molar-refractivity contribution in [3.63, 3.8) is 0 Å². The molecular formula is C13H19N3O3. The highest BCUT2D eigenvalue weighted by Gasteiger charge is 2.27. The molecule has 0 atom stereocenters. The number of nitrogens with one attached hydrogen (secondary N) is 1. The second-order valence-corrected chi connectivity index (χ2v) is 5.15. The van der Waals surface area contributed by atoms with Crippen LogP contribution in [-0.2, 0) is 0 Å². The lowest BCUT2D eigenvalue weighted by Crippen LogP contribution is -2.36. The molecule has 1 aliphatic carbocycles. The standard InChI is InChI=1S/C13H19N3O3/c17-13(7-3-1-2-4-8-13)10-15-12-6-5-11(9-14-12)16(18)19/h5-6,9,17H,1-4,7-8,10H2,(H,14,15). The molecule has 0 aliphatic heterocycles. The SMILES string of the molecule is O=[N+]([O-])c1ccc(NCC2(O)CCCCCC2)nc1. The van der Waals surface area contributed by atoms with Gasteiger partial charge in [-0.3, -0.25) is 10.1 Å². The molecular weight excluding hydrogens is 246 g/mol. The molecule has 0 radical (unpaired) electrons. The number of nitrogens with zero attached hydrogens (tertiary/aromatic N) is 2. The van der Waals surface area contributed by atoms with Crippen LogP contribution < -0.4 is 5.32 Å². The van der Waals surface area contributed by atoms with E-state index in [1.165, 1.54) is 25.1 Å². The molecule has 0 unspecified atom stereocenters. The van der Waals surface area contributed by atoms with Gasteiger partial charge in [-0.25, -0.2) is 4.98 Å². The number of aromatic nitrogens is 1. The van der Waals surface area contributed by atoms with Crippen LogP contribution in [0.25, 0.3) is 0 Å². The summed E-state index contributed by atoms with van der Waals surface area (Å²) in [5.41, 5.74) is -0.710. The number of hydrogen-bond acceptors (Lipinski definition) is 5. The van der Waals surface area contributed by atoms with E-state index >= 15 is 0 Å². The molecule has 1 fully saturated rings. The summed E-state index contributed by atoms with van der Waals surface area (Å²) in [4.78, 5) is 14.0. The topological polar surface area (TPSA) is 88.3 Å². The third-order valence-corrected chi connectivity index (χ3v) is 3.59. The maximum atomic E-state index is 10.5. The summed E-state index contributed by atoms with van der Waals surface area (Å²) in [6.45, 7) is 0.442. The number of aliphatic hydroxyl groups is 1. The smallest absolute Gasteiger partial charge is 0.287 e. The highest BCUT2D eigenvalue weighted by Crippen LogP contribution is 2.27. The van der Waals surface area contributed by atoms with Crippen molar-refractivity contribution < 1.29 is 10.0 Å². The zero-order valence-electron chi connectivity index (χ0n) is 10.8. The Balaban J connectivity index is 1.92. The van der Waals surface area contributed by atoms with E-state index in [2.05, 4.69) is 10.3 Å². The Morgan fingerprint density at radius 1 is 1.32 bits per heavy atom. The molecule has 1 aromatic heterocycles. The number of hydrogen-bond donors (Lipinski definition) is 2. The second-order valence-electron chi connectivity index (χ2n) is 5.15. The lowest BCUT2D eigenvalue weighted by atomic mass is 9.94. The van der Waals surface area contributed by atoms with Crippen molar-refractivity contribution in [3.05, 3.63) is 28.4 Å². The van der Waals surface area contributed by atoms with E-state index in [1.807, 2.05) is 0 Å². The van der Waals surface area contributed by atoms with E-state index in [1.54, 1.807) is 6.07 Å². The van der Waals surface area contributed by atoms with Crippen molar-refractivity contribution in [2.45, 2.75) is 44.1 Å². The van der Waals surface area contributed by atoms with Crippen LogP contribution in [0, 0.1) is 10.1 Å². The van der Waals surface area contributed by atoms with Crippen LogP contribution >= 0.6 is 0 Å². The van der Waals surface area contributed by atoms with E-state index < -0.39 is 10.5 Å². The van der Waals surface area contributed by atoms with Gasteiger partial charge in [-0.05, 0) is 18.9 Å². The fraction of sp³-hybridized carbons (Fsp3) is 0.615. The number of anilines is 1. The van der Waals surface area contributed by atoms with Crippen LogP contribution in [0.5, 0.6) is 0 Å². The van der Waals surface area contributed by atoms with E-state index in [-0.39, 0.29) is 5.69 Å². The molecule has 1 saturated carbocycles. The average molecular weight is 265 g/mol. The molecule has 0 saturated heterocycles. The van der Waals surface area contributed by atoms with Crippen molar-refractivity contribution >= 4 is 11.5 Å². The molecule has 0 amide bonds. The van der Waals surface area contributed by atoms with E-state index in [0.29, 0.717) is 12.4 Å². The monoisotopic (exact) mass is 265 g/mol. The third kappa shape index (κ3) is 3.89. The Kier molecular flexibility index (Phi) is 4.31. The van der Waals surface area contributed by atoms with Gasteiger partial charge in [0.15, 0.2) is 0 Å². The van der Waals surface area contributed by atoms with E-state index in [4.69, 9.17) is 0 Å². The van der Waals surface area contributed by atoms with Crippen LogP contribution in [0.2, 0.25) is 0 Å². The van der Waals surface area contributed by atoms with Gasteiger partial charge >= 0.3 is 0 Å². The first-order valence-electron chi connectivity index (χ1n) is 6.66. The minimum absolute atomic E-state index is 0.0290. The Bertz CT molecular complexity index is 425. The summed E-state index contributed by atoms with van der Waals surface area (Å²) in [5, 5.41) is 24.0. The lowest BCUT2D eigenvalue weighted by molar-refractivity contribution is -0.385. The first-order chi connectivity index (χ1) is 9.09. The maximum absolute atomic E-state index is 10.5. The van der Waals surface area contributed by atoms with Gasteiger partial charge in [-0.2, -0.15) is 0 Å². The summed E-state index contributed by atoms with van der Waals surface area (Å²) in [6.07, 6.45) is 7.27. The maximum Gasteiger partial charge on any atom is 0.287 e. The van der Waals surface area contributed by atoms with Gasteiger partial charge in [0.2, 0.25) is 0 Å². The Morgan fingerprint density at radius 2 is 2.00 bits per heavy atom. The molecule has 6 nitrogen and oxygen atoms in total. The van der Waals surface area contributed by atoms with Crippen molar-refractivity contribution in [2.24, 2.45) is 0 Å². The summed E-state index contributed by atoms with van der Waals surface area (Å²) in [6, 6.07) is 2.98. The second kappa shape index (κ2) is 5.97. The zero-order chi connectivity index (χ0) is 13.7. The van der Waals surface area contributed by atoms with Crippen molar-refractivity contribution in [1.82, 2.24) is 4.98 Å². The van der Waals surface area contributed by atoms with Crippen LogP contribution in [0.1, 0.15) is 38.5 Å². The Labute approximate surface area is 112 Å². The third-order valence-electron chi connectivity index (χ3n) is 3.59. The first-order valence-corrected chi connectivity index (χ1v) is 6.66. The van der Waals surface area contributed by atoms with E-state index in [0.717, 1.165) is 25.7 Å². The highest BCUT2D eigenvalue weighted by atomic mass is 16.6. The molecule has 1 heterocycles.